The van der Waals surface area contributed by atoms with Crippen LogP contribution >= 0.6 is 24.8 Å². The van der Waals surface area contributed by atoms with Gasteiger partial charge in [0.15, 0.2) is 0 Å². The lowest BCUT2D eigenvalue weighted by atomic mass is 9.97. The molecule has 12 heavy (non-hydrogen) atoms. The van der Waals surface area contributed by atoms with Gasteiger partial charge in [-0.2, -0.15) is 0 Å². The van der Waals surface area contributed by atoms with Gasteiger partial charge in [0, 0.05) is 18.6 Å². The number of hydrogen-bond donors (Lipinski definition) is 2. The van der Waals surface area contributed by atoms with Crippen molar-refractivity contribution in [1.29, 1.82) is 0 Å². The molecule has 0 amide bonds. The van der Waals surface area contributed by atoms with Gasteiger partial charge in [-0.1, -0.05) is 13.3 Å². The summed E-state index contributed by atoms with van der Waals surface area (Å²) in [6, 6.07) is 1.33. The molecule has 0 unspecified atom stereocenters. The molecule has 1 fully saturated rings. The highest BCUT2D eigenvalue weighted by atomic mass is 35.5. The molecule has 0 bridgehead atoms. The van der Waals surface area contributed by atoms with Crippen LogP contribution in [0.5, 0.6) is 0 Å². The molecule has 76 valence electrons. The van der Waals surface area contributed by atoms with Crippen molar-refractivity contribution in [3.05, 3.63) is 0 Å². The molecule has 0 radical (unpaired) electrons. The Labute approximate surface area is 87.5 Å². The van der Waals surface area contributed by atoms with Crippen molar-refractivity contribution >= 4 is 24.8 Å². The average Bonchev–Trinajstić information content (AvgIpc) is 2.05. The predicted octanol–water partition coefficient (Wildman–Crippen LogP) is 1.71. The third kappa shape index (κ3) is 4.51. The number of hydrogen-bond acceptors (Lipinski definition) is 2. The number of rotatable bonds is 2. The maximum absolute atomic E-state index is 5.56. The Bertz CT molecular complexity index is 91.1. The quantitative estimate of drug-likeness (QED) is 0.735. The fourth-order valence-electron chi connectivity index (χ4n) is 1.62. The number of nitrogens with one attached hydrogen (secondary N) is 1. The number of nitrogens with two attached hydrogens (primary N) is 1. The number of piperidine rings is 1. The lowest BCUT2D eigenvalue weighted by Crippen LogP contribution is -2.45. The maximum atomic E-state index is 5.56. The Balaban J connectivity index is 0. The Morgan fingerprint density at radius 1 is 1.25 bits per heavy atom. The van der Waals surface area contributed by atoms with Crippen LogP contribution in [0.3, 0.4) is 0 Å². The standard InChI is InChI=1S/C8H18N2.2ClH/c1-2-7-4-3-5-8(6-9)10-7;;/h7-8,10H,2-6,9H2,1H3;2*1H/t7-,8-;;/m1../s1. The van der Waals surface area contributed by atoms with E-state index in [1.165, 1.54) is 25.7 Å². The van der Waals surface area contributed by atoms with Gasteiger partial charge in [0.05, 0.1) is 0 Å². The van der Waals surface area contributed by atoms with Gasteiger partial charge in [0.2, 0.25) is 0 Å². The van der Waals surface area contributed by atoms with Crippen molar-refractivity contribution in [2.75, 3.05) is 6.54 Å². The molecule has 1 heterocycles. The third-order valence-electron chi connectivity index (χ3n) is 2.35. The second-order valence-corrected chi connectivity index (χ2v) is 3.14. The summed E-state index contributed by atoms with van der Waals surface area (Å²) >= 11 is 0. The molecule has 3 N–H and O–H groups in total. The highest BCUT2D eigenvalue weighted by Crippen LogP contribution is 2.13. The minimum Gasteiger partial charge on any atom is -0.329 e. The van der Waals surface area contributed by atoms with E-state index in [1.807, 2.05) is 0 Å². The monoisotopic (exact) mass is 214 g/mol. The summed E-state index contributed by atoms with van der Waals surface area (Å²) in [5, 5.41) is 3.53. The second kappa shape index (κ2) is 8.11. The van der Waals surface area contributed by atoms with E-state index in [4.69, 9.17) is 5.73 Å². The van der Waals surface area contributed by atoms with Crippen LogP contribution < -0.4 is 11.1 Å². The van der Waals surface area contributed by atoms with Crippen LogP contribution in [-0.2, 0) is 0 Å². The highest BCUT2D eigenvalue weighted by molar-refractivity contribution is 5.85. The van der Waals surface area contributed by atoms with Crippen molar-refractivity contribution in [3.8, 4) is 0 Å². The highest BCUT2D eigenvalue weighted by Gasteiger charge is 2.17. The lowest BCUT2D eigenvalue weighted by molar-refractivity contribution is 0.318. The van der Waals surface area contributed by atoms with Crippen LogP contribution in [0.4, 0.5) is 0 Å². The van der Waals surface area contributed by atoms with Crippen molar-refractivity contribution < 1.29 is 0 Å². The molecule has 1 rings (SSSR count). The molecule has 1 aliphatic heterocycles. The fourth-order valence-corrected chi connectivity index (χ4v) is 1.62. The largest absolute Gasteiger partial charge is 0.329 e. The maximum Gasteiger partial charge on any atom is 0.0192 e. The summed E-state index contributed by atoms with van der Waals surface area (Å²) in [5.74, 6) is 0. The van der Waals surface area contributed by atoms with Crippen LogP contribution in [0.2, 0.25) is 0 Å². The van der Waals surface area contributed by atoms with Crippen LogP contribution in [0.1, 0.15) is 32.6 Å². The van der Waals surface area contributed by atoms with Crippen molar-refractivity contribution in [3.63, 3.8) is 0 Å². The number of halogens is 2. The summed E-state index contributed by atoms with van der Waals surface area (Å²) in [5.41, 5.74) is 5.56. The first-order valence-electron chi connectivity index (χ1n) is 4.33. The summed E-state index contributed by atoms with van der Waals surface area (Å²) in [4.78, 5) is 0. The average molecular weight is 215 g/mol. The van der Waals surface area contributed by atoms with Crippen molar-refractivity contribution in [2.24, 2.45) is 5.73 Å². The van der Waals surface area contributed by atoms with E-state index in [1.54, 1.807) is 0 Å². The van der Waals surface area contributed by atoms with Crippen LogP contribution in [0.15, 0.2) is 0 Å². The Hall–Kier alpha value is 0.500. The zero-order valence-corrected chi connectivity index (χ0v) is 9.22. The molecule has 1 aliphatic rings. The Kier molecular flexibility index (Phi) is 10.1. The molecule has 0 spiro atoms. The minimum atomic E-state index is 0. The molecule has 2 atom stereocenters. The fraction of sp³-hybridized carbons (Fsp3) is 1.00. The van der Waals surface area contributed by atoms with Crippen LogP contribution in [0, 0.1) is 0 Å². The van der Waals surface area contributed by atoms with Gasteiger partial charge in [-0.15, -0.1) is 24.8 Å². The molecule has 0 aliphatic carbocycles. The van der Waals surface area contributed by atoms with Gasteiger partial charge >= 0.3 is 0 Å². The summed E-state index contributed by atoms with van der Waals surface area (Å²) in [7, 11) is 0. The minimum absolute atomic E-state index is 0. The van der Waals surface area contributed by atoms with Gasteiger partial charge in [-0.05, 0) is 19.3 Å². The summed E-state index contributed by atoms with van der Waals surface area (Å²) in [6.45, 7) is 3.03. The van der Waals surface area contributed by atoms with E-state index in [2.05, 4.69) is 12.2 Å². The van der Waals surface area contributed by atoms with Crippen LogP contribution in [-0.4, -0.2) is 18.6 Å². The first-order valence-corrected chi connectivity index (χ1v) is 4.33. The van der Waals surface area contributed by atoms with E-state index in [9.17, 15) is 0 Å². The van der Waals surface area contributed by atoms with Gasteiger partial charge < -0.3 is 11.1 Å². The topological polar surface area (TPSA) is 38.0 Å². The van der Waals surface area contributed by atoms with E-state index >= 15 is 0 Å². The van der Waals surface area contributed by atoms with Gasteiger partial charge in [0.1, 0.15) is 0 Å². The molecule has 0 aromatic heterocycles. The van der Waals surface area contributed by atoms with Gasteiger partial charge in [0.25, 0.3) is 0 Å². The SMILES string of the molecule is CC[C@@H]1CCC[C@H](CN)N1.Cl.Cl. The summed E-state index contributed by atoms with van der Waals surface area (Å²) in [6.07, 6.45) is 5.21. The van der Waals surface area contributed by atoms with E-state index in [0.29, 0.717) is 6.04 Å². The normalized spacial score (nSPS) is 28.5. The first-order chi connectivity index (χ1) is 4.86. The Morgan fingerprint density at radius 2 is 1.83 bits per heavy atom. The molecule has 4 heteroatoms. The predicted molar refractivity (Wildman–Crippen MR) is 58.4 cm³/mol. The zero-order valence-electron chi connectivity index (χ0n) is 7.58. The van der Waals surface area contributed by atoms with Crippen molar-refractivity contribution in [2.45, 2.75) is 44.7 Å². The smallest absolute Gasteiger partial charge is 0.0192 e. The lowest BCUT2D eigenvalue weighted by Gasteiger charge is -2.29. The van der Waals surface area contributed by atoms with E-state index in [-0.39, 0.29) is 24.8 Å². The molecule has 0 aromatic rings. The third-order valence-corrected chi connectivity index (χ3v) is 2.35. The molecular weight excluding hydrogens is 195 g/mol. The molecule has 2 nitrogen and oxygen atoms in total. The zero-order chi connectivity index (χ0) is 7.40. The first kappa shape index (κ1) is 15.0. The van der Waals surface area contributed by atoms with Crippen LogP contribution in [0.25, 0.3) is 0 Å². The van der Waals surface area contributed by atoms with Gasteiger partial charge in [-0.25, -0.2) is 0 Å². The molecule has 1 saturated heterocycles. The molecule has 0 aromatic carbocycles. The molecular formula is C8H20Cl2N2. The van der Waals surface area contributed by atoms with E-state index < -0.39 is 0 Å². The van der Waals surface area contributed by atoms with E-state index in [0.717, 1.165) is 12.6 Å². The second-order valence-electron chi connectivity index (χ2n) is 3.14. The summed E-state index contributed by atoms with van der Waals surface area (Å²) < 4.78 is 0. The van der Waals surface area contributed by atoms with Crippen molar-refractivity contribution in [1.82, 2.24) is 5.32 Å². The molecule has 0 saturated carbocycles. The van der Waals surface area contributed by atoms with Gasteiger partial charge in [-0.3, -0.25) is 0 Å². The Morgan fingerprint density at radius 3 is 2.33 bits per heavy atom.